The van der Waals surface area contributed by atoms with Gasteiger partial charge in [-0.05, 0) is 32.1 Å². The lowest BCUT2D eigenvalue weighted by Gasteiger charge is -2.34. The summed E-state index contributed by atoms with van der Waals surface area (Å²) in [5, 5.41) is 11.5. The highest BCUT2D eigenvalue weighted by molar-refractivity contribution is 5.82. The summed E-state index contributed by atoms with van der Waals surface area (Å²) >= 11 is 0. The molecule has 5 heteroatoms. The lowest BCUT2D eigenvalue weighted by Crippen LogP contribution is -2.45. The van der Waals surface area contributed by atoms with Crippen LogP contribution in [0.15, 0.2) is 5.16 Å². The minimum atomic E-state index is 0.0842. The maximum atomic E-state index is 12.7. The molecule has 1 aliphatic carbocycles. The molecule has 110 valence electrons. The van der Waals surface area contributed by atoms with E-state index in [-0.39, 0.29) is 29.1 Å². The van der Waals surface area contributed by atoms with Gasteiger partial charge >= 0.3 is 0 Å². The summed E-state index contributed by atoms with van der Waals surface area (Å²) in [7, 11) is 0. The zero-order chi connectivity index (χ0) is 14.6. The zero-order valence-electron chi connectivity index (χ0n) is 12.5. The lowest BCUT2D eigenvalue weighted by atomic mass is 9.81. The molecular weight excluding hydrogens is 242 g/mol. The molecule has 5 nitrogen and oxygen atoms in total. The number of nitrogens with zero attached hydrogens (tertiary/aromatic N) is 2. The average Bonchev–Trinajstić information content (AvgIpc) is 2.68. The molecule has 3 N–H and O–H groups in total. The van der Waals surface area contributed by atoms with E-state index in [0.717, 1.165) is 19.3 Å². The van der Waals surface area contributed by atoms with Crippen LogP contribution in [0.4, 0.5) is 0 Å². The smallest absolute Gasteiger partial charge is 0.226 e. The second kappa shape index (κ2) is 6.26. The average molecular weight is 269 g/mol. The molecule has 1 unspecified atom stereocenters. The van der Waals surface area contributed by atoms with Crippen molar-refractivity contribution < 1.29 is 10.0 Å². The lowest BCUT2D eigenvalue weighted by molar-refractivity contribution is -0.140. The van der Waals surface area contributed by atoms with Gasteiger partial charge in [-0.15, -0.1) is 0 Å². The first-order chi connectivity index (χ1) is 8.79. The highest BCUT2D eigenvalue weighted by Gasteiger charge is 2.41. The molecule has 1 atom stereocenters. The molecule has 0 aliphatic heterocycles. The van der Waals surface area contributed by atoms with Crippen LogP contribution < -0.4 is 5.73 Å². The van der Waals surface area contributed by atoms with Crippen molar-refractivity contribution in [2.45, 2.75) is 59.4 Å². The molecule has 0 bridgehead atoms. The Kier molecular flexibility index (Phi) is 5.20. The van der Waals surface area contributed by atoms with E-state index < -0.39 is 0 Å². The fourth-order valence-corrected chi connectivity index (χ4v) is 2.89. The van der Waals surface area contributed by atoms with Gasteiger partial charge in [-0.1, -0.05) is 25.4 Å². The van der Waals surface area contributed by atoms with Crippen molar-refractivity contribution in [1.82, 2.24) is 4.90 Å². The zero-order valence-corrected chi connectivity index (χ0v) is 12.5. The van der Waals surface area contributed by atoms with Crippen LogP contribution in [0.1, 0.15) is 53.4 Å². The first-order valence-electron chi connectivity index (χ1n) is 7.06. The highest BCUT2D eigenvalue weighted by atomic mass is 16.4. The van der Waals surface area contributed by atoms with Crippen molar-refractivity contribution in [3.05, 3.63) is 0 Å². The van der Waals surface area contributed by atoms with E-state index in [2.05, 4.69) is 19.0 Å². The van der Waals surface area contributed by atoms with Gasteiger partial charge in [0.1, 0.15) is 5.84 Å². The van der Waals surface area contributed by atoms with E-state index >= 15 is 0 Å². The van der Waals surface area contributed by atoms with Crippen LogP contribution in [0.25, 0.3) is 0 Å². The third kappa shape index (κ3) is 3.85. The molecule has 1 rings (SSSR count). The number of oxime groups is 1. The summed E-state index contributed by atoms with van der Waals surface area (Å²) in [6.07, 6.45) is 3.61. The largest absolute Gasteiger partial charge is 0.409 e. The van der Waals surface area contributed by atoms with E-state index in [9.17, 15) is 4.79 Å². The van der Waals surface area contributed by atoms with Gasteiger partial charge in [-0.25, -0.2) is 0 Å². The fourth-order valence-electron chi connectivity index (χ4n) is 2.89. The molecule has 1 fully saturated rings. The number of carbonyl (C=O) groups is 1. The number of hydrogen-bond acceptors (Lipinski definition) is 3. The van der Waals surface area contributed by atoms with Crippen molar-refractivity contribution in [2.75, 3.05) is 6.54 Å². The Bertz CT molecular complexity index is 351. The van der Waals surface area contributed by atoms with Crippen LogP contribution in [-0.2, 0) is 4.79 Å². The quantitative estimate of drug-likeness (QED) is 0.347. The maximum absolute atomic E-state index is 12.7. The van der Waals surface area contributed by atoms with Crippen molar-refractivity contribution >= 4 is 11.7 Å². The second-order valence-corrected chi connectivity index (χ2v) is 6.40. The molecule has 1 aliphatic rings. The second-order valence-electron chi connectivity index (χ2n) is 6.40. The highest BCUT2D eigenvalue weighted by Crippen LogP contribution is 2.43. The van der Waals surface area contributed by atoms with Crippen LogP contribution in [0, 0.1) is 11.3 Å². The minimum absolute atomic E-state index is 0.0842. The molecule has 1 amide bonds. The summed E-state index contributed by atoms with van der Waals surface area (Å²) in [6, 6.07) is 0.135. The topological polar surface area (TPSA) is 78.9 Å². The molecule has 0 radical (unpaired) electrons. The Morgan fingerprint density at radius 3 is 2.58 bits per heavy atom. The van der Waals surface area contributed by atoms with Gasteiger partial charge in [0, 0.05) is 24.9 Å². The summed E-state index contributed by atoms with van der Waals surface area (Å²) in [5.41, 5.74) is 5.57. The van der Waals surface area contributed by atoms with E-state index in [1.54, 1.807) is 0 Å². The first-order valence-corrected chi connectivity index (χ1v) is 7.06. The number of nitrogens with two attached hydrogens (primary N) is 1. The summed E-state index contributed by atoms with van der Waals surface area (Å²) < 4.78 is 0. The Labute approximate surface area is 115 Å². The van der Waals surface area contributed by atoms with Gasteiger partial charge in [-0.3, -0.25) is 4.79 Å². The van der Waals surface area contributed by atoms with Crippen LogP contribution in [0.2, 0.25) is 0 Å². The first kappa shape index (κ1) is 15.8. The predicted octanol–water partition coefficient (Wildman–Crippen LogP) is 2.19. The molecule has 0 aromatic carbocycles. The van der Waals surface area contributed by atoms with E-state index in [0.29, 0.717) is 13.0 Å². The fraction of sp³-hybridized carbons (Fsp3) is 0.857. The third-order valence-corrected chi connectivity index (χ3v) is 4.20. The Hall–Kier alpha value is -1.26. The number of hydrogen-bond donors (Lipinski definition) is 2. The molecule has 0 aromatic heterocycles. The normalized spacial score (nSPS) is 22.8. The Morgan fingerprint density at radius 1 is 1.53 bits per heavy atom. The Morgan fingerprint density at radius 2 is 2.16 bits per heavy atom. The molecule has 0 aromatic rings. The molecule has 0 spiro atoms. The van der Waals surface area contributed by atoms with Crippen molar-refractivity contribution in [1.29, 1.82) is 0 Å². The monoisotopic (exact) mass is 269 g/mol. The predicted molar refractivity (Wildman–Crippen MR) is 76.0 cm³/mol. The van der Waals surface area contributed by atoms with Crippen LogP contribution in [-0.4, -0.2) is 34.4 Å². The molecule has 0 heterocycles. The van der Waals surface area contributed by atoms with Gasteiger partial charge < -0.3 is 15.8 Å². The minimum Gasteiger partial charge on any atom is -0.409 e. The molecular formula is C14H27N3O2. The van der Waals surface area contributed by atoms with E-state index in [4.69, 9.17) is 10.9 Å². The van der Waals surface area contributed by atoms with Crippen molar-refractivity contribution in [2.24, 2.45) is 22.2 Å². The van der Waals surface area contributed by atoms with Gasteiger partial charge in [0.2, 0.25) is 5.91 Å². The SMILES string of the molecule is CC(C)N(CCC(N)=NO)C(=O)C1CCCC1(C)C. The third-order valence-electron chi connectivity index (χ3n) is 4.20. The van der Waals surface area contributed by atoms with Gasteiger partial charge in [0.15, 0.2) is 0 Å². The van der Waals surface area contributed by atoms with E-state index in [1.807, 2.05) is 18.7 Å². The molecule has 19 heavy (non-hydrogen) atoms. The van der Waals surface area contributed by atoms with Crippen LogP contribution in [0.5, 0.6) is 0 Å². The van der Waals surface area contributed by atoms with E-state index in [1.165, 1.54) is 0 Å². The van der Waals surface area contributed by atoms with Crippen molar-refractivity contribution in [3.8, 4) is 0 Å². The number of amidine groups is 1. The van der Waals surface area contributed by atoms with Crippen LogP contribution >= 0.6 is 0 Å². The number of rotatable bonds is 5. The number of carbonyl (C=O) groups excluding carboxylic acids is 1. The standard InChI is InChI=1S/C14H27N3O2/c1-10(2)17(9-7-12(15)16-19)13(18)11-6-5-8-14(11,3)4/h10-11,19H,5-9H2,1-4H3,(H2,15,16). The van der Waals surface area contributed by atoms with Crippen molar-refractivity contribution in [3.63, 3.8) is 0 Å². The van der Waals surface area contributed by atoms with Crippen LogP contribution in [0.3, 0.4) is 0 Å². The number of amides is 1. The Balaban J connectivity index is 2.73. The summed E-state index contributed by atoms with van der Waals surface area (Å²) in [6.45, 7) is 8.87. The van der Waals surface area contributed by atoms with Gasteiger partial charge in [0.05, 0.1) is 0 Å². The molecule has 1 saturated carbocycles. The maximum Gasteiger partial charge on any atom is 0.226 e. The van der Waals surface area contributed by atoms with Gasteiger partial charge in [0.25, 0.3) is 0 Å². The summed E-state index contributed by atoms with van der Waals surface area (Å²) in [5.74, 6) is 0.481. The van der Waals surface area contributed by atoms with Gasteiger partial charge in [-0.2, -0.15) is 0 Å². The summed E-state index contributed by atoms with van der Waals surface area (Å²) in [4.78, 5) is 14.5. The molecule has 0 saturated heterocycles.